The molecule has 2 heterocycles. The van der Waals surface area contributed by atoms with E-state index in [9.17, 15) is 4.79 Å². The smallest absolute Gasteiger partial charge is 0.259 e. The largest absolute Gasteiger partial charge is 0.481 e. The molecule has 1 amide bonds. The molecular formula is C18H18N4O2. The van der Waals surface area contributed by atoms with Crippen molar-refractivity contribution in [2.45, 2.75) is 13.8 Å². The monoisotopic (exact) mass is 322 g/mol. The number of methoxy groups -OCH3 is 1. The summed E-state index contributed by atoms with van der Waals surface area (Å²) in [6.45, 7) is 3.90. The van der Waals surface area contributed by atoms with Crippen LogP contribution < -0.4 is 10.1 Å². The van der Waals surface area contributed by atoms with E-state index in [4.69, 9.17) is 4.74 Å². The number of rotatable bonds is 4. The number of hydrogen-bond donors (Lipinski definition) is 1. The number of nitrogens with zero attached hydrogens (tertiary/aromatic N) is 3. The van der Waals surface area contributed by atoms with Crippen molar-refractivity contribution in [2.24, 2.45) is 0 Å². The molecule has 0 bridgehead atoms. The highest BCUT2D eigenvalue weighted by molar-refractivity contribution is 6.04. The van der Waals surface area contributed by atoms with Crippen LogP contribution in [0.1, 0.15) is 21.6 Å². The van der Waals surface area contributed by atoms with Gasteiger partial charge in [0.25, 0.3) is 5.91 Å². The molecule has 0 atom stereocenters. The first kappa shape index (κ1) is 15.7. The predicted molar refractivity (Wildman–Crippen MR) is 91.8 cm³/mol. The van der Waals surface area contributed by atoms with E-state index in [-0.39, 0.29) is 5.91 Å². The van der Waals surface area contributed by atoms with Crippen molar-refractivity contribution >= 4 is 11.6 Å². The van der Waals surface area contributed by atoms with Gasteiger partial charge in [0.15, 0.2) is 0 Å². The highest BCUT2D eigenvalue weighted by Crippen LogP contribution is 2.17. The molecule has 0 aliphatic heterocycles. The molecule has 0 saturated heterocycles. The van der Waals surface area contributed by atoms with Crippen LogP contribution in [0.4, 0.5) is 5.69 Å². The first-order valence-corrected chi connectivity index (χ1v) is 7.51. The number of aromatic nitrogens is 3. The SMILES string of the molecule is COc1ccc(NC(=O)c2cnn(-c3ccc(C)cc3)c2C)cn1. The van der Waals surface area contributed by atoms with Crippen LogP contribution in [-0.4, -0.2) is 27.8 Å². The first-order valence-electron chi connectivity index (χ1n) is 7.51. The lowest BCUT2D eigenvalue weighted by atomic mass is 10.2. The fourth-order valence-electron chi connectivity index (χ4n) is 2.35. The molecular weight excluding hydrogens is 304 g/mol. The number of anilines is 1. The highest BCUT2D eigenvalue weighted by atomic mass is 16.5. The van der Waals surface area contributed by atoms with Gasteiger partial charge >= 0.3 is 0 Å². The number of carbonyl (C=O) groups is 1. The lowest BCUT2D eigenvalue weighted by molar-refractivity contribution is 0.102. The van der Waals surface area contributed by atoms with E-state index < -0.39 is 0 Å². The quantitative estimate of drug-likeness (QED) is 0.801. The maximum atomic E-state index is 12.5. The zero-order valence-corrected chi connectivity index (χ0v) is 13.8. The van der Waals surface area contributed by atoms with Gasteiger partial charge in [-0.25, -0.2) is 9.67 Å². The van der Waals surface area contributed by atoms with Crippen LogP contribution in [0.3, 0.4) is 0 Å². The number of ether oxygens (including phenoxy) is 1. The number of carbonyl (C=O) groups excluding carboxylic acids is 1. The fraction of sp³-hybridized carbons (Fsp3) is 0.167. The van der Waals surface area contributed by atoms with Crippen LogP contribution in [0.2, 0.25) is 0 Å². The summed E-state index contributed by atoms with van der Waals surface area (Å²) in [6.07, 6.45) is 3.12. The summed E-state index contributed by atoms with van der Waals surface area (Å²) in [7, 11) is 1.55. The number of hydrogen-bond acceptors (Lipinski definition) is 4. The van der Waals surface area contributed by atoms with Crippen LogP contribution in [-0.2, 0) is 0 Å². The van der Waals surface area contributed by atoms with E-state index in [1.54, 1.807) is 36.3 Å². The minimum absolute atomic E-state index is 0.224. The van der Waals surface area contributed by atoms with Crippen molar-refractivity contribution in [2.75, 3.05) is 12.4 Å². The molecule has 122 valence electrons. The number of aryl methyl sites for hydroxylation is 1. The van der Waals surface area contributed by atoms with Gasteiger partial charge in [-0.3, -0.25) is 4.79 Å². The minimum Gasteiger partial charge on any atom is -0.481 e. The topological polar surface area (TPSA) is 69.0 Å². The molecule has 3 aromatic rings. The zero-order valence-electron chi connectivity index (χ0n) is 13.8. The highest BCUT2D eigenvalue weighted by Gasteiger charge is 2.15. The fourth-order valence-corrected chi connectivity index (χ4v) is 2.35. The minimum atomic E-state index is -0.224. The van der Waals surface area contributed by atoms with Crippen molar-refractivity contribution in [3.8, 4) is 11.6 Å². The molecule has 3 rings (SSSR count). The van der Waals surface area contributed by atoms with Gasteiger partial charge in [-0.1, -0.05) is 17.7 Å². The van der Waals surface area contributed by atoms with Crippen LogP contribution >= 0.6 is 0 Å². The van der Waals surface area contributed by atoms with Gasteiger partial charge in [-0.15, -0.1) is 0 Å². The molecule has 0 fully saturated rings. The van der Waals surface area contributed by atoms with Crippen molar-refractivity contribution in [3.63, 3.8) is 0 Å². The molecule has 0 radical (unpaired) electrons. The summed E-state index contributed by atoms with van der Waals surface area (Å²) in [5.41, 5.74) is 3.99. The van der Waals surface area contributed by atoms with E-state index in [1.807, 2.05) is 38.1 Å². The normalized spacial score (nSPS) is 10.5. The molecule has 1 aromatic carbocycles. The van der Waals surface area contributed by atoms with Gasteiger partial charge in [-0.2, -0.15) is 5.10 Å². The standard InChI is InChI=1S/C18H18N4O2/c1-12-4-7-15(8-5-12)22-13(2)16(11-20-22)18(23)21-14-6-9-17(24-3)19-10-14/h4-11H,1-3H3,(H,21,23). The van der Waals surface area contributed by atoms with Crippen LogP contribution in [0.15, 0.2) is 48.8 Å². The second-order valence-electron chi connectivity index (χ2n) is 5.43. The van der Waals surface area contributed by atoms with E-state index in [0.717, 1.165) is 11.4 Å². The lowest BCUT2D eigenvalue weighted by Gasteiger charge is -2.07. The Labute approximate surface area is 140 Å². The summed E-state index contributed by atoms with van der Waals surface area (Å²) < 4.78 is 6.75. The van der Waals surface area contributed by atoms with E-state index in [2.05, 4.69) is 15.4 Å². The molecule has 0 aliphatic carbocycles. The lowest BCUT2D eigenvalue weighted by Crippen LogP contribution is -2.13. The third kappa shape index (κ3) is 3.12. The summed E-state index contributed by atoms with van der Waals surface area (Å²) >= 11 is 0. The van der Waals surface area contributed by atoms with Gasteiger partial charge in [0, 0.05) is 6.07 Å². The third-order valence-corrected chi connectivity index (χ3v) is 3.74. The van der Waals surface area contributed by atoms with Crippen LogP contribution in [0, 0.1) is 13.8 Å². The molecule has 1 N–H and O–H groups in total. The van der Waals surface area contributed by atoms with Gasteiger partial charge < -0.3 is 10.1 Å². The Bertz CT molecular complexity index is 852. The Morgan fingerprint density at radius 3 is 2.46 bits per heavy atom. The summed E-state index contributed by atoms with van der Waals surface area (Å²) in [5, 5.41) is 7.14. The average molecular weight is 322 g/mol. The Hall–Kier alpha value is -3.15. The summed E-state index contributed by atoms with van der Waals surface area (Å²) in [5.74, 6) is 0.272. The number of benzene rings is 1. The summed E-state index contributed by atoms with van der Waals surface area (Å²) in [4.78, 5) is 16.5. The molecule has 6 nitrogen and oxygen atoms in total. The number of pyridine rings is 1. The van der Waals surface area contributed by atoms with Crippen molar-refractivity contribution in [3.05, 3.63) is 65.6 Å². The van der Waals surface area contributed by atoms with Crippen molar-refractivity contribution in [1.29, 1.82) is 0 Å². The second kappa shape index (κ2) is 6.54. The van der Waals surface area contributed by atoms with Gasteiger partial charge in [-0.05, 0) is 32.0 Å². The Morgan fingerprint density at radius 1 is 1.08 bits per heavy atom. The van der Waals surface area contributed by atoms with Crippen molar-refractivity contribution < 1.29 is 9.53 Å². The molecule has 24 heavy (non-hydrogen) atoms. The Morgan fingerprint density at radius 2 is 1.83 bits per heavy atom. The van der Waals surface area contributed by atoms with Crippen LogP contribution in [0.5, 0.6) is 5.88 Å². The maximum absolute atomic E-state index is 12.5. The van der Waals surface area contributed by atoms with Gasteiger partial charge in [0.1, 0.15) is 0 Å². The zero-order chi connectivity index (χ0) is 17.1. The predicted octanol–water partition coefficient (Wildman–Crippen LogP) is 3.15. The second-order valence-corrected chi connectivity index (χ2v) is 5.43. The number of nitrogens with one attached hydrogen (secondary N) is 1. The molecule has 0 aliphatic rings. The Kier molecular flexibility index (Phi) is 4.29. The van der Waals surface area contributed by atoms with E-state index in [1.165, 1.54) is 5.56 Å². The molecule has 0 spiro atoms. The maximum Gasteiger partial charge on any atom is 0.259 e. The molecule has 0 unspecified atom stereocenters. The number of amides is 1. The van der Waals surface area contributed by atoms with E-state index >= 15 is 0 Å². The summed E-state index contributed by atoms with van der Waals surface area (Å²) in [6, 6.07) is 11.4. The van der Waals surface area contributed by atoms with Crippen LogP contribution in [0.25, 0.3) is 5.69 Å². The van der Waals surface area contributed by atoms with Gasteiger partial charge in [0.05, 0.1) is 42.1 Å². The average Bonchev–Trinajstić information content (AvgIpc) is 2.98. The molecule has 6 heteroatoms. The first-order chi connectivity index (χ1) is 11.6. The van der Waals surface area contributed by atoms with E-state index in [0.29, 0.717) is 17.1 Å². The third-order valence-electron chi connectivity index (χ3n) is 3.74. The molecule has 2 aromatic heterocycles. The van der Waals surface area contributed by atoms with Crippen molar-refractivity contribution in [1.82, 2.24) is 14.8 Å². The van der Waals surface area contributed by atoms with Gasteiger partial charge in [0.2, 0.25) is 5.88 Å². The molecule has 0 saturated carbocycles. The Balaban J connectivity index is 1.81.